The average Bonchev–Trinajstić information content (AvgIpc) is 2.65. The summed E-state index contributed by atoms with van der Waals surface area (Å²) in [6.45, 7) is 2.22. The van der Waals surface area contributed by atoms with E-state index in [-0.39, 0.29) is 5.97 Å². The number of fused-ring (bicyclic) bond motifs is 1. The van der Waals surface area contributed by atoms with Gasteiger partial charge in [0.1, 0.15) is 5.65 Å². The molecule has 0 fully saturated rings. The van der Waals surface area contributed by atoms with Crippen LogP contribution in [0.15, 0.2) is 18.3 Å². The minimum absolute atomic E-state index is 0.303. The molecule has 0 atom stereocenters. The van der Waals surface area contributed by atoms with Gasteiger partial charge in [-0.2, -0.15) is 0 Å². The molecule has 2 aromatic rings. The lowest BCUT2D eigenvalue weighted by molar-refractivity contribution is 0.0600. The minimum Gasteiger partial charge on any atom is -0.465 e. The Kier molecular flexibility index (Phi) is 2.33. The second-order valence-electron chi connectivity index (χ2n) is 3.53. The molecule has 0 N–H and O–H groups in total. The molecule has 0 amide bonds. The first-order valence-corrected chi connectivity index (χ1v) is 5.02. The zero-order valence-electron chi connectivity index (χ0n) is 10.4. The molecule has 2 rings (SSSR count). The molecule has 2 heterocycles. The summed E-state index contributed by atoms with van der Waals surface area (Å²) in [5.41, 5.74) is 3.15. The van der Waals surface area contributed by atoms with Crippen LogP contribution in [0.2, 0.25) is 0 Å². The highest BCUT2D eigenvalue weighted by atomic mass is 16.5. The van der Waals surface area contributed by atoms with Crippen molar-refractivity contribution in [3.8, 4) is 0 Å². The van der Waals surface area contributed by atoms with Crippen molar-refractivity contribution in [2.24, 2.45) is 0 Å². The topological polar surface area (TPSA) is 43.6 Å². The summed E-state index contributed by atoms with van der Waals surface area (Å²) in [6.07, 6.45) is 2.34. The van der Waals surface area contributed by atoms with Gasteiger partial charge in [0.25, 0.3) is 0 Å². The van der Waals surface area contributed by atoms with E-state index in [9.17, 15) is 4.79 Å². The molecule has 0 unspecified atom stereocenters. The van der Waals surface area contributed by atoms with Gasteiger partial charge in [-0.15, -0.1) is 0 Å². The normalized spacial score (nSPS) is 11.5. The zero-order valence-corrected chi connectivity index (χ0v) is 9.36. The van der Waals surface area contributed by atoms with Crippen LogP contribution in [0.4, 0.5) is 0 Å². The van der Waals surface area contributed by atoms with E-state index in [0.29, 0.717) is 18.9 Å². The molecular weight excluding hydrogens is 204 g/mol. The second kappa shape index (κ2) is 3.96. The Morgan fingerprint density at radius 2 is 2.44 bits per heavy atom. The van der Waals surface area contributed by atoms with Crippen LogP contribution in [0.25, 0.3) is 5.65 Å². The molecule has 4 nitrogen and oxygen atoms in total. The molecule has 0 spiro atoms. The van der Waals surface area contributed by atoms with E-state index in [1.807, 2.05) is 11.3 Å². The van der Waals surface area contributed by atoms with E-state index >= 15 is 0 Å². The van der Waals surface area contributed by atoms with Gasteiger partial charge in [-0.25, -0.2) is 9.78 Å². The van der Waals surface area contributed by atoms with Crippen molar-refractivity contribution in [1.29, 1.82) is 0 Å². The Balaban J connectivity index is 2.57. The minimum atomic E-state index is -0.366. The smallest absolute Gasteiger partial charge is 0.339 e. The summed E-state index contributed by atoms with van der Waals surface area (Å²) in [4.78, 5) is 15.8. The second-order valence-corrected chi connectivity index (χ2v) is 3.53. The van der Waals surface area contributed by atoms with Crippen molar-refractivity contribution in [2.45, 2.75) is 20.2 Å². The predicted molar refractivity (Wildman–Crippen MR) is 60.6 cm³/mol. The molecule has 0 saturated heterocycles. The monoisotopic (exact) mass is 220 g/mol. The largest absolute Gasteiger partial charge is 0.465 e. The number of aryl methyl sites for hydroxylation is 2. The van der Waals surface area contributed by atoms with Gasteiger partial charge < -0.3 is 9.14 Å². The molecular formula is C12H14N2O2. The molecule has 84 valence electrons. The summed E-state index contributed by atoms with van der Waals surface area (Å²) in [6, 6.07) is 3.48. The van der Waals surface area contributed by atoms with Crippen LogP contribution in [0.1, 0.15) is 30.0 Å². The molecule has 0 aliphatic rings. The number of methoxy groups -OCH3 is 1. The molecule has 2 aromatic heterocycles. The van der Waals surface area contributed by atoms with Crippen LogP contribution in [0.3, 0.4) is 0 Å². The molecule has 0 aliphatic heterocycles. The summed E-state index contributed by atoms with van der Waals surface area (Å²) in [5.74, 6) is -0.366. The van der Waals surface area contributed by atoms with Gasteiger partial charge in [-0.05, 0) is 25.5 Å². The molecule has 0 saturated carbocycles. The molecule has 16 heavy (non-hydrogen) atoms. The number of carbonyl (C=O) groups excluding carboxylic acids is 1. The van der Waals surface area contributed by atoms with Crippen LogP contribution < -0.4 is 0 Å². The van der Waals surface area contributed by atoms with Gasteiger partial charge in [0.05, 0.1) is 18.4 Å². The molecule has 0 bridgehead atoms. The van der Waals surface area contributed by atoms with Crippen molar-refractivity contribution in [2.75, 3.05) is 7.11 Å². The maximum atomic E-state index is 11.4. The number of hydrogen-bond donors (Lipinski definition) is 0. The van der Waals surface area contributed by atoms with Crippen molar-refractivity contribution in [1.82, 2.24) is 9.38 Å². The number of imidazole rings is 1. The number of ether oxygens (including phenoxy) is 1. The van der Waals surface area contributed by atoms with E-state index in [0.717, 1.165) is 17.0 Å². The van der Waals surface area contributed by atoms with Crippen LogP contribution in [0.5, 0.6) is 0 Å². The fourth-order valence-corrected chi connectivity index (χ4v) is 1.75. The van der Waals surface area contributed by atoms with Gasteiger partial charge in [-0.1, -0.05) is 6.90 Å². The highest BCUT2D eigenvalue weighted by Crippen LogP contribution is 2.14. The maximum Gasteiger partial charge on any atom is 0.339 e. The average molecular weight is 220 g/mol. The summed E-state index contributed by atoms with van der Waals surface area (Å²) in [7, 11) is 1.36. The lowest BCUT2D eigenvalue weighted by Crippen LogP contribution is -2.03. The van der Waals surface area contributed by atoms with E-state index in [4.69, 9.17) is 1.37 Å². The third-order valence-corrected chi connectivity index (χ3v) is 2.58. The van der Waals surface area contributed by atoms with Gasteiger partial charge in [0.15, 0.2) is 0 Å². The number of aromatic nitrogens is 2. The predicted octanol–water partition coefficient (Wildman–Crippen LogP) is 1.99. The Bertz CT molecular complexity index is 563. The highest BCUT2D eigenvalue weighted by Gasteiger charge is 2.10. The first-order valence-electron chi connectivity index (χ1n) is 5.73. The highest BCUT2D eigenvalue weighted by molar-refractivity contribution is 5.89. The Morgan fingerprint density at radius 1 is 1.62 bits per heavy atom. The summed E-state index contributed by atoms with van der Waals surface area (Å²) in [5, 5.41) is 0. The Labute approximate surface area is 95.3 Å². The SMILES string of the molecule is [3H]CCc1c(C)nc2ccc(C(=O)OC)cn12. The zero-order chi connectivity index (χ0) is 12.4. The van der Waals surface area contributed by atoms with Crippen molar-refractivity contribution in [3.05, 3.63) is 35.3 Å². The maximum absolute atomic E-state index is 11.4. The fourth-order valence-electron chi connectivity index (χ4n) is 1.75. The van der Waals surface area contributed by atoms with Crippen LogP contribution >= 0.6 is 0 Å². The van der Waals surface area contributed by atoms with E-state index in [1.165, 1.54) is 7.11 Å². The van der Waals surface area contributed by atoms with E-state index in [1.54, 1.807) is 18.3 Å². The molecule has 0 aromatic carbocycles. The Morgan fingerprint density at radius 3 is 3.12 bits per heavy atom. The van der Waals surface area contributed by atoms with Crippen LogP contribution in [0, 0.1) is 6.92 Å². The van der Waals surface area contributed by atoms with Crippen LogP contribution in [-0.2, 0) is 11.2 Å². The number of esters is 1. The molecule has 4 heteroatoms. The lowest BCUT2D eigenvalue weighted by Gasteiger charge is -2.02. The number of carbonyl (C=O) groups is 1. The fraction of sp³-hybridized carbons (Fsp3) is 0.333. The van der Waals surface area contributed by atoms with Gasteiger partial charge in [0.2, 0.25) is 0 Å². The summed E-state index contributed by atoms with van der Waals surface area (Å²) >= 11 is 0. The Hall–Kier alpha value is -1.84. The molecule has 0 aliphatic carbocycles. The van der Waals surface area contributed by atoms with Crippen LogP contribution in [-0.4, -0.2) is 22.5 Å². The number of rotatable bonds is 2. The number of nitrogens with zero attached hydrogens (tertiary/aromatic N) is 2. The quantitative estimate of drug-likeness (QED) is 0.727. The van der Waals surface area contributed by atoms with Crippen molar-refractivity contribution in [3.63, 3.8) is 0 Å². The van der Waals surface area contributed by atoms with E-state index < -0.39 is 0 Å². The van der Waals surface area contributed by atoms with Gasteiger partial charge in [0, 0.05) is 13.3 Å². The van der Waals surface area contributed by atoms with Crippen molar-refractivity contribution >= 4 is 11.6 Å². The third-order valence-electron chi connectivity index (χ3n) is 2.58. The first kappa shape index (κ1) is 9.39. The summed E-state index contributed by atoms with van der Waals surface area (Å²) < 4.78 is 13.8. The van der Waals surface area contributed by atoms with Crippen molar-refractivity contribution < 1.29 is 10.9 Å². The first-order chi connectivity index (χ1) is 8.17. The van der Waals surface area contributed by atoms with Gasteiger partial charge >= 0.3 is 5.97 Å². The number of hydrogen-bond acceptors (Lipinski definition) is 3. The number of pyridine rings is 1. The lowest BCUT2D eigenvalue weighted by atomic mass is 10.2. The molecule has 0 radical (unpaired) electrons. The third kappa shape index (κ3) is 1.56. The van der Waals surface area contributed by atoms with E-state index in [2.05, 4.69) is 9.72 Å². The standard InChI is InChI=1S/C12H14N2O2/c1-4-10-8(2)13-11-6-5-9(7-14(10)11)12(15)16-3/h5-7H,4H2,1-3H3/i1T. The van der Waals surface area contributed by atoms with Gasteiger partial charge in [-0.3, -0.25) is 0 Å².